The number of benzene rings is 1. The summed E-state index contributed by atoms with van der Waals surface area (Å²) in [6.45, 7) is 0. The standard InChI is InChI=1S/C16H6Br2Cl2N4O2/c17-9-5-7(19)4-8-13(9)22-15(26-16(8)25)11-6-12(18)23-24(11)14-10(20)2-1-3-21-14/h1-6H. The highest BCUT2D eigenvalue weighted by molar-refractivity contribution is 9.10. The van der Waals surface area contributed by atoms with Crippen LogP contribution < -0.4 is 5.63 Å². The van der Waals surface area contributed by atoms with E-state index in [1.54, 1.807) is 30.5 Å². The second-order valence-electron chi connectivity index (χ2n) is 5.16. The van der Waals surface area contributed by atoms with Crippen LogP contribution in [0.3, 0.4) is 0 Å². The molecule has 6 nitrogen and oxygen atoms in total. The first-order valence-electron chi connectivity index (χ1n) is 7.11. The topological polar surface area (TPSA) is 73.8 Å². The SMILES string of the molecule is O=c1oc(-c2cc(Br)nn2-c2ncccc2Cl)nc2c(Br)cc(Cl)cc12. The summed E-state index contributed by atoms with van der Waals surface area (Å²) in [5, 5.41) is 5.38. The fraction of sp³-hybridized carbons (Fsp3) is 0. The number of pyridine rings is 1. The lowest BCUT2D eigenvalue weighted by molar-refractivity contribution is 0.513. The van der Waals surface area contributed by atoms with E-state index in [0.717, 1.165) is 0 Å². The van der Waals surface area contributed by atoms with Crippen LogP contribution in [0.5, 0.6) is 0 Å². The van der Waals surface area contributed by atoms with Crippen LogP contribution in [0.2, 0.25) is 10.0 Å². The van der Waals surface area contributed by atoms with Crippen LogP contribution in [-0.2, 0) is 0 Å². The van der Waals surface area contributed by atoms with E-state index < -0.39 is 5.63 Å². The lowest BCUT2D eigenvalue weighted by Gasteiger charge is -2.07. The summed E-state index contributed by atoms with van der Waals surface area (Å²) in [5.41, 5.74) is 0.277. The largest absolute Gasteiger partial charge is 0.401 e. The van der Waals surface area contributed by atoms with Crippen molar-refractivity contribution in [2.75, 3.05) is 0 Å². The molecule has 1 aromatic carbocycles. The van der Waals surface area contributed by atoms with Crippen molar-refractivity contribution in [1.29, 1.82) is 0 Å². The minimum Gasteiger partial charge on any atom is -0.401 e. The maximum absolute atomic E-state index is 12.4. The van der Waals surface area contributed by atoms with Crippen LogP contribution in [-0.4, -0.2) is 19.7 Å². The predicted octanol–water partition coefficient (Wildman–Crippen LogP) is 5.27. The van der Waals surface area contributed by atoms with Gasteiger partial charge >= 0.3 is 5.63 Å². The predicted molar refractivity (Wildman–Crippen MR) is 106 cm³/mol. The summed E-state index contributed by atoms with van der Waals surface area (Å²) >= 11 is 18.9. The number of fused-ring (bicyclic) bond motifs is 1. The lowest BCUT2D eigenvalue weighted by Crippen LogP contribution is -2.07. The molecule has 0 aliphatic carbocycles. The molecule has 0 aliphatic heterocycles. The molecule has 0 fully saturated rings. The van der Waals surface area contributed by atoms with Crippen molar-refractivity contribution in [3.63, 3.8) is 0 Å². The molecular weight excluding hydrogens is 511 g/mol. The third-order valence-electron chi connectivity index (χ3n) is 3.49. The Morgan fingerprint density at radius 1 is 1.15 bits per heavy atom. The molecule has 3 heterocycles. The minimum absolute atomic E-state index is 0.0745. The first kappa shape index (κ1) is 17.7. The van der Waals surface area contributed by atoms with Gasteiger partial charge in [-0.05, 0) is 56.1 Å². The summed E-state index contributed by atoms with van der Waals surface area (Å²) in [4.78, 5) is 21.1. The Hall–Kier alpha value is -1.74. The van der Waals surface area contributed by atoms with Crippen molar-refractivity contribution >= 4 is 66.0 Å². The summed E-state index contributed by atoms with van der Waals surface area (Å²) in [7, 11) is 0. The Balaban J connectivity index is 2.01. The average molecular weight is 517 g/mol. The Morgan fingerprint density at radius 2 is 1.96 bits per heavy atom. The van der Waals surface area contributed by atoms with Crippen molar-refractivity contribution in [1.82, 2.24) is 19.7 Å². The van der Waals surface area contributed by atoms with Crippen LogP contribution in [0.15, 0.2) is 54.8 Å². The number of halogens is 4. The lowest BCUT2D eigenvalue weighted by atomic mass is 10.2. The normalized spacial score (nSPS) is 11.2. The van der Waals surface area contributed by atoms with E-state index in [1.165, 1.54) is 10.7 Å². The van der Waals surface area contributed by atoms with E-state index in [0.29, 0.717) is 36.1 Å². The summed E-state index contributed by atoms with van der Waals surface area (Å²) in [6, 6.07) is 8.22. The van der Waals surface area contributed by atoms with Crippen LogP contribution in [0.25, 0.3) is 28.3 Å². The molecule has 0 radical (unpaired) electrons. The Kier molecular flexibility index (Phi) is 4.60. The Bertz CT molecular complexity index is 1220. The van der Waals surface area contributed by atoms with E-state index in [2.05, 4.69) is 46.9 Å². The molecule has 26 heavy (non-hydrogen) atoms. The van der Waals surface area contributed by atoms with Gasteiger partial charge in [-0.2, -0.15) is 5.10 Å². The highest BCUT2D eigenvalue weighted by atomic mass is 79.9. The van der Waals surface area contributed by atoms with E-state index >= 15 is 0 Å². The molecule has 0 saturated heterocycles. The first-order valence-corrected chi connectivity index (χ1v) is 9.45. The van der Waals surface area contributed by atoms with Crippen molar-refractivity contribution < 1.29 is 4.42 Å². The number of aromatic nitrogens is 4. The quantitative estimate of drug-likeness (QED) is 0.363. The number of nitrogens with zero attached hydrogens (tertiary/aromatic N) is 4. The van der Waals surface area contributed by atoms with Crippen molar-refractivity contribution in [3.05, 3.63) is 66.1 Å². The first-order chi connectivity index (χ1) is 12.4. The molecule has 4 aromatic rings. The van der Waals surface area contributed by atoms with Crippen LogP contribution in [0, 0.1) is 0 Å². The number of hydrogen-bond donors (Lipinski definition) is 0. The highest BCUT2D eigenvalue weighted by Gasteiger charge is 2.19. The fourth-order valence-electron chi connectivity index (χ4n) is 2.41. The van der Waals surface area contributed by atoms with Crippen LogP contribution in [0.4, 0.5) is 0 Å². The maximum atomic E-state index is 12.4. The molecule has 0 aliphatic rings. The van der Waals surface area contributed by atoms with Gasteiger partial charge in [0.15, 0.2) is 5.82 Å². The van der Waals surface area contributed by atoms with Gasteiger partial charge in [0.2, 0.25) is 5.89 Å². The zero-order valence-corrected chi connectivity index (χ0v) is 17.3. The van der Waals surface area contributed by atoms with Gasteiger partial charge in [-0.3, -0.25) is 0 Å². The number of hydrogen-bond acceptors (Lipinski definition) is 5. The average Bonchev–Trinajstić information content (AvgIpc) is 2.97. The van der Waals surface area contributed by atoms with E-state index in [4.69, 9.17) is 27.6 Å². The fourth-order valence-corrected chi connectivity index (χ4v) is 3.89. The van der Waals surface area contributed by atoms with E-state index in [-0.39, 0.29) is 11.3 Å². The van der Waals surface area contributed by atoms with E-state index in [9.17, 15) is 4.79 Å². The smallest absolute Gasteiger partial charge is 0.347 e. The van der Waals surface area contributed by atoms with Gasteiger partial charge in [0.05, 0.1) is 15.9 Å². The molecule has 10 heteroatoms. The third-order valence-corrected chi connectivity index (χ3v) is 4.99. The molecule has 3 aromatic heterocycles. The second-order valence-corrected chi connectivity index (χ2v) is 7.67. The van der Waals surface area contributed by atoms with Gasteiger partial charge in [0.1, 0.15) is 10.3 Å². The monoisotopic (exact) mass is 514 g/mol. The maximum Gasteiger partial charge on any atom is 0.347 e. The van der Waals surface area contributed by atoms with Crippen molar-refractivity contribution in [2.45, 2.75) is 0 Å². The zero-order chi connectivity index (χ0) is 18.4. The molecule has 0 N–H and O–H groups in total. The molecule has 0 saturated carbocycles. The van der Waals surface area contributed by atoms with Gasteiger partial charge < -0.3 is 4.42 Å². The van der Waals surface area contributed by atoms with Crippen LogP contribution >= 0.6 is 55.1 Å². The zero-order valence-electron chi connectivity index (χ0n) is 12.6. The van der Waals surface area contributed by atoms with Gasteiger partial charge in [0.25, 0.3) is 0 Å². The molecule has 0 atom stereocenters. The summed E-state index contributed by atoms with van der Waals surface area (Å²) in [6.07, 6.45) is 1.59. The molecule has 0 unspecified atom stereocenters. The highest BCUT2D eigenvalue weighted by Crippen LogP contribution is 2.30. The van der Waals surface area contributed by atoms with Crippen LogP contribution in [0.1, 0.15) is 0 Å². The second kappa shape index (κ2) is 6.77. The van der Waals surface area contributed by atoms with Gasteiger partial charge in [-0.15, -0.1) is 0 Å². The van der Waals surface area contributed by atoms with Gasteiger partial charge in [0, 0.05) is 21.8 Å². The molecule has 4 rings (SSSR count). The number of rotatable bonds is 2. The Morgan fingerprint density at radius 3 is 2.73 bits per heavy atom. The van der Waals surface area contributed by atoms with Gasteiger partial charge in [-0.25, -0.2) is 19.4 Å². The minimum atomic E-state index is -0.566. The molecule has 130 valence electrons. The third kappa shape index (κ3) is 3.07. The molecular formula is C16H6Br2Cl2N4O2. The van der Waals surface area contributed by atoms with E-state index in [1.807, 2.05) is 0 Å². The molecule has 0 bridgehead atoms. The van der Waals surface area contributed by atoms with Crippen molar-refractivity contribution in [2.24, 2.45) is 0 Å². The van der Waals surface area contributed by atoms with Crippen molar-refractivity contribution in [3.8, 4) is 17.4 Å². The Labute approximate surface area is 173 Å². The molecule has 0 amide bonds. The summed E-state index contributed by atoms with van der Waals surface area (Å²) < 4.78 is 7.94. The molecule has 0 spiro atoms. The summed E-state index contributed by atoms with van der Waals surface area (Å²) in [5.74, 6) is 0.458. The van der Waals surface area contributed by atoms with Gasteiger partial charge in [-0.1, -0.05) is 23.2 Å².